The van der Waals surface area contributed by atoms with Crippen LogP contribution in [0.2, 0.25) is 5.02 Å². The van der Waals surface area contributed by atoms with E-state index < -0.39 is 0 Å². The van der Waals surface area contributed by atoms with E-state index in [1.54, 1.807) is 37.6 Å². The summed E-state index contributed by atoms with van der Waals surface area (Å²) in [5.74, 6) is 1.04. The average Bonchev–Trinajstić information content (AvgIpc) is 3.07. The standard InChI is InChI=1S/C22H24ClNO3/c1-3-4-12-18-21(26-2)16-17(27-22(18)25)11-9-7-5-6-8-10-13-20-19(23)14-15-24-20/h5-11,13-16,24H,3-4,12H2,1-2H3/b7-5+,8-6+,11-9+,13-10+. The van der Waals surface area contributed by atoms with Crippen molar-refractivity contribution < 1.29 is 9.15 Å². The second-order valence-corrected chi connectivity index (χ2v) is 6.22. The number of aromatic nitrogens is 1. The quantitative estimate of drug-likeness (QED) is 0.554. The molecule has 2 rings (SSSR count). The Balaban J connectivity index is 1.95. The summed E-state index contributed by atoms with van der Waals surface area (Å²) >= 11 is 5.98. The number of aromatic amines is 1. The molecule has 4 nitrogen and oxygen atoms in total. The summed E-state index contributed by atoms with van der Waals surface area (Å²) in [5.41, 5.74) is 1.14. The zero-order chi connectivity index (χ0) is 19.5. The van der Waals surface area contributed by atoms with Crippen LogP contribution in [0.4, 0.5) is 0 Å². The maximum absolute atomic E-state index is 12.1. The van der Waals surface area contributed by atoms with Crippen LogP contribution in [0.1, 0.15) is 36.8 Å². The Kier molecular flexibility index (Phi) is 8.46. The number of hydrogen-bond donors (Lipinski definition) is 1. The Morgan fingerprint density at radius 2 is 1.85 bits per heavy atom. The minimum absolute atomic E-state index is 0.334. The maximum atomic E-state index is 12.1. The first-order valence-corrected chi connectivity index (χ1v) is 9.25. The number of rotatable bonds is 9. The number of allylic oxidation sites excluding steroid dienone is 6. The molecule has 5 heteroatoms. The van der Waals surface area contributed by atoms with E-state index >= 15 is 0 Å². The normalized spacial score (nSPS) is 12.3. The van der Waals surface area contributed by atoms with Crippen LogP contribution in [0, 0.1) is 0 Å². The molecule has 0 aliphatic carbocycles. The van der Waals surface area contributed by atoms with Gasteiger partial charge in [0.15, 0.2) is 0 Å². The molecule has 0 radical (unpaired) electrons. The number of unbranched alkanes of at least 4 members (excludes halogenated alkanes) is 1. The molecule has 142 valence electrons. The van der Waals surface area contributed by atoms with Gasteiger partial charge in [-0.2, -0.15) is 0 Å². The first-order chi connectivity index (χ1) is 13.2. The predicted octanol–water partition coefficient (Wildman–Crippen LogP) is 5.81. The first-order valence-electron chi connectivity index (χ1n) is 8.87. The fourth-order valence-corrected chi connectivity index (χ4v) is 2.59. The fraction of sp³-hybridized carbons (Fsp3) is 0.227. The van der Waals surface area contributed by atoms with Gasteiger partial charge in [0.25, 0.3) is 0 Å². The van der Waals surface area contributed by atoms with Crippen molar-refractivity contribution in [3.8, 4) is 5.75 Å². The van der Waals surface area contributed by atoms with Crippen LogP contribution in [0.25, 0.3) is 12.2 Å². The summed E-state index contributed by atoms with van der Waals surface area (Å²) in [6, 6.07) is 3.55. The Bertz CT molecular complexity index is 901. The van der Waals surface area contributed by atoms with E-state index in [-0.39, 0.29) is 5.63 Å². The second kappa shape index (κ2) is 11.1. The SMILES string of the molecule is CCCCc1c(OC)cc(/C=C/C=C/C=C/C=C/c2[nH]ccc2Cl)oc1=O. The fourth-order valence-electron chi connectivity index (χ4n) is 2.41. The van der Waals surface area contributed by atoms with Gasteiger partial charge in [0.1, 0.15) is 11.5 Å². The Morgan fingerprint density at radius 1 is 1.15 bits per heavy atom. The molecule has 2 aromatic heterocycles. The molecular formula is C22H24ClNO3. The van der Waals surface area contributed by atoms with Crippen molar-refractivity contribution in [1.82, 2.24) is 4.98 Å². The largest absolute Gasteiger partial charge is 0.496 e. The molecule has 0 fully saturated rings. The second-order valence-electron chi connectivity index (χ2n) is 5.81. The Morgan fingerprint density at radius 3 is 2.48 bits per heavy atom. The zero-order valence-electron chi connectivity index (χ0n) is 15.6. The van der Waals surface area contributed by atoms with E-state index in [0.717, 1.165) is 18.5 Å². The van der Waals surface area contributed by atoms with Gasteiger partial charge in [-0.3, -0.25) is 0 Å². The van der Waals surface area contributed by atoms with E-state index in [0.29, 0.717) is 28.5 Å². The number of ether oxygens (including phenoxy) is 1. The molecular weight excluding hydrogens is 362 g/mol. The van der Waals surface area contributed by atoms with Crippen LogP contribution in [0.15, 0.2) is 64.0 Å². The number of methoxy groups -OCH3 is 1. The van der Waals surface area contributed by atoms with Gasteiger partial charge in [0, 0.05) is 12.3 Å². The van der Waals surface area contributed by atoms with Crippen LogP contribution in [0.3, 0.4) is 0 Å². The van der Waals surface area contributed by atoms with Crippen molar-refractivity contribution >= 4 is 23.8 Å². The van der Waals surface area contributed by atoms with Crippen LogP contribution in [-0.4, -0.2) is 12.1 Å². The van der Waals surface area contributed by atoms with Crippen molar-refractivity contribution in [1.29, 1.82) is 0 Å². The molecule has 2 aromatic rings. The first kappa shape index (κ1) is 20.6. The zero-order valence-corrected chi connectivity index (χ0v) is 16.3. The van der Waals surface area contributed by atoms with E-state index in [2.05, 4.69) is 11.9 Å². The van der Waals surface area contributed by atoms with Crippen LogP contribution in [0.5, 0.6) is 5.75 Å². The molecule has 0 bridgehead atoms. The van der Waals surface area contributed by atoms with Crippen molar-refractivity contribution in [3.05, 3.63) is 87.2 Å². The minimum atomic E-state index is -0.334. The highest BCUT2D eigenvalue weighted by atomic mass is 35.5. The van der Waals surface area contributed by atoms with Gasteiger partial charge in [-0.15, -0.1) is 0 Å². The maximum Gasteiger partial charge on any atom is 0.343 e. The predicted molar refractivity (Wildman–Crippen MR) is 112 cm³/mol. The van der Waals surface area contributed by atoms with Crippen molar-refractivity contribution in [3.63, 3.8) is 0 Å². The number of nitrogens with one attached hydrogen (secondary N) is 1. The smallest absolute Gasteiger partial charge is 0.343 e. The molecule has 1 N–H and O–H groups in total. The molecule has 0 atom stereocenters. The summed E-state index contributed by atoms with van der Waals surface area (Å²) in [5, 5.41) is 0.691. The van der Waals surface area contributed by atoms with Gasteiger partial charge in [-0.05, 0) is 31.1 Å². The molecule has 0 amide bonds. The molecule has 0 saturated heterocycles. The van der Waals surface area contributed by atoms with E-state index in [1.807, 2.05) is 36.5 Å². The lowest BCUT2D eigenvalue weighted by Gasteiger charge is -2.06. The highest BCUT2D eigenvalue weighted by Crippen LogP contribution is 2.19. The monoisotopic (exact) mass is 385 g/mol. The summed E-state index contributed by atoms with van der Waals surface area (Å²) < 4.78 is 10.7. The highest BCUT2D eigenvalue weighted by Gasteiger charge is 2.10. The molecule has 0 aliphatic rings. The van der Waals surface area contributed by atoms with Crippen LogP contribution >= 0.6 is 11.6 Å². The van der Waals surface area contributed by atoms with E-state index in [1.165, 1.54) is 0 Å². The summed E-state index contributed by atoms with van der Waals surface area (Å²) in [7, 11) is 1.57. The summed E-state index contributed by atoms with van der Waals surface area (Å²) in [4.78, 5) is 15.2. The minimum Gasteiger partial charge on any atom is -0.496 e. The van der Waals surface area contributed by atoms with Crippen LogP contribution in [-0.2, 0) is 6.42 Å². The lowest BCUT2D eigenvalue weighted by Crippen LogP contribution is -2.10. The molecule has 27 heavy (non-hydrogen) atoms. The Hall–Kier alpha value is -2.72. The summed E-state index contributed by atoms with van der Waals surface area (Å²) in [6.45, 7) is 2.08. The third kappa shape index (κ3) is 6.50. The third-order valence-electron chi connectivity index (χ3n) is 3.83. The van der Waals surface area contributed by atoms with Gasteiger partial charge in [0.2, 0.25) is 0 Å². The van der Waals surface area contributed by atoms with E-state index in [4.69, 9.17) is 20.8 Å². The van der Waals surface area contributed by atoms with Crippen LogP contribution < -0.4 is 10.4 Å². The lowest BCUT2D eigenvalue weighted by atomic mass is 10.1. The third-order valence-corrected chi connectivity index (χ3v) is 4.16. The number of hydrogen-bond acceptors (Lipinski definition) is 3. The van der Waals surface area contributed by atoms with E-state index in [9.17, 15) is 4.79 Å². The lowest BCUT2D eigenvalue weighted by molar-refractivity contribution is 0.391. The summed E-state index contributed by atoms with van der Waals surface area (Å²) in [6.07, 6.45) is 19.2. The van der Waals surface area contributed by atoms with Gasteiger partial charge >= 0.3 is 5.63 Å². The molecule has 0 aliphatic heterocycles. The van der Waals surface area contributed by atoms with Gasteiger partial charge in [0.05, 0.1) is 23.4 Å². The molecule has 0 spiro atoms. The van der Waals surface area contributed by atoms with Gasteiger partial charge in [-0.1, -0.05) is 61.4 Å². The van der Waals surface area contributed by atoms with Crippen molar-refractivity contribution in [2.45, 2.75) is 26.2 Å². The van der Waals surface area contributed by atoms with Crippen molar-refractivity contribution in [2.75, 3.05) is 7.11 Å². The molecule has 0 saturated carbocycles. The topological polar surface area (TPSA) is 55.2 Å². The van der Waals surface area contributed by atoms with Crippen molar-refractivity contribution in [2.24, 2.45) is 0 Å². The number of halogens is 1. The van der Waals surface area contributed by atoms with Gasteiger partial charge < -0.3 is 14.1 Å². The number of H-pyrrole nitrogens is 1. The highest BCUT2D eigenvalue weighted by molar-refractivity contribution is 6.31. The molecule has 2 heterocycles. The molecule has 0 unspecified atom stereocenters. The molecule has 0 aromatic carbocycles. The van der Waals surface area contributed by atoms with Gasteiger partial charge in [-0.25, -0.2) is 4.79 Å². The average molecular weight is 386 g/mol. The Labute approximate surface area is 164 Å².